The molecule has 0 saturated carbocycles. The molecule has 0 bridgehead atoms. The van der Waals surface area contributed by atoms with Crippen molar-refractivity contribution in [1.82, 2.24) is 20.6 Å². The molecule has 192 valence electrons. The fourth-order valence-corrected chi connectivity index (χ4v) is 3.14. The predicted molar refractivity (Wildman–Crippen MR) is 131 cm³/mol. The van der Waals surface area contributed by atoms with Gasteiger partial charge >= 0.3 is 11.9 Å². The van der Waals surface area contributed by atoms with Crippen molar-refractivity contribution in [1.29, 1.82) is 0 Å². The molecule has 3 rings (SSSR count). The predicted octanol–water partition coefficient (Wildman–Crippen LogP) is 1.72. The summed E-state index contributed by atoms with van der Waals surface area (Å²) in [6.45, 7) is 2.10. The molecule has 2 amide bonds. The Bertz CT molecular complexity index is 1270. The van der Waals surface area contributed by atoms with Crippen LogP contribution in [0.2, 0.25) is 0 Å². The molecular formula is C26H26N4O7. The molecule has 0 aliphatic heterocycles. The van der Waals surface area contributed by atoms with Gasteiger partial charge in [-0.1, -0.05) is 74.5 Å². The average molecular weight is 507 g/mol. The number of H-pyrrole nitrogens is 1. The highest BCUT2D eigenvalue weighted by atomic mass is 16.7. The summed E-state index contributed by atoms with van der Waals surface area (Å²) in [6.07, 6.45) is 0.986. The number of hydrogen-bond acceptors (Lipinski definition) is 8. The van der Waals surface area contributed by atoms with E-state index in [0.717, 1.165) is 17.3 Å². The summed E-state index contributed by atoms with van der Waals surface area (Å²) in [6, 6.07) is 18.0. The maximum Gasteiger partial charge on any atom is 0.328 e. The molecule has 11 nitrogen and oxygen atoms in total. The van der Waals surface area contributed by atoms with Crippen LogP contribution in [0, 0.1) is 5.92 Å². The zero-order valence-electron chi connectivity index (χ0n) is 20.2. The highest BCUT2D eigenvalue weighted by Gasteiger charge is 2.21. The molecule has 11 heteroatoms. The molecule has 0 radical (unpaired) electrons. The Balaban J connectivity index is 1.62. The summed E-state index contributed by atoms with van der Waals surface area (Å²) >= 11 is 0. The normalized spacial score (nSPS) is 10.6. The Hall–Kier alpha value is -4.80. The first-order valence-electron chi connectivity index (χ1n) is 11.4. The maximum absolute atomic E-state index is 12.9. The van der Waals surface area contributed by atoms with Crippen LogP contribution in [0.3, 0.4) is 0 Å². The zero-order valence-corrected chi connectivity index (χ0v) is 20.2. The molecule has 0 unspecified atom stereocenters. The van der Waals surface area contributed by atoms with Gasteiger partial charge in [0.1, 0.15) is 12.1 Å². The number of nitrogens with zero attached hydrogens (tertiary/aromatic N) is 1. The number of nitrogens with one attached hydrogen (secondary N) is 3. The van der Waals surface area contributed by atoms with Crippen molar-refractivity contribution in [3.63, 3.8) is 0 Å². The third-order valence-corrected chi connectivity index (χ3v) is 5.09. The first-order chi connectivity index (χ1) is 17.8. The second-order valence-corrected chi connectivity index (χ2v) is 8.14. The quantitative estimate of drug-likeness (QED) is 0.277. The van der Waals surface area contributed by atoms with Crippen molar-refractivity contribution in [3.8, 4) is 0 Å². The number of rotatable bonds is 10. The summed E-state index contributed by atoms with van der Waals surface area (Å²) in [7, 11) is 0. The lowest BCUT2D eigenvalue weighted by Gasteiger charge is -2.19. The lowest BCUT2D eigenvalue weighted by Crippen LogP contribution is -2.36. The van der Waals surface area contributed by atoms with E-state index in [1.54, 1.807) is 13.8 Å². The van der Waals surface area contributed by atoms with Crippen LogP contribution in [-0.2, 0) is 19.1 Å². The molecule has 0 spiro atoms. The fraction of sp³-hybridized carbons (Fsp3) is 0.231. The van der Waals surface area contributed by atoms with Crippen LogP contribution >= 0.6 is 0 Å². The highest BCUT2D eigenvalue weighted by Crippen LogP contribution is 2.22. The Morgan fingerprint density at radius 3 is 2.03 bits per heavy atom. The van der Waals surface area contributed by atoms with Gasteiger partial charge in [0.15, 0.2) is 5.82 Å². The number of hydrogen-bond donors (Lipinski definition) is 3. The van der Waals surface area contributed by atoms with Crippen LogP contribution < -0.4 is 16.2 Å². The van der Waals surface area contributed by atoms with Crippen LogP contribution in [0.4, 0.5) is 0 Å². The molecule has 3 N–H and O–H groups in total. The van der Waals surface area contributed by atoms with Crippen molar-refractivity contribution in [2.24, 2.45) is 5.92 Å². The minimum atomic E-state index is -0.869. The first-order valence-corrected chi connectivity index (χ1v) is 11.4. The van der Waals surface area contributed by atoms with Crippen LogP contribution in [-0.4, -0.2) is 47.1 Å². The van der Waals surface area contributed by atoms with Crippen molar-refractivity contribution >= 4 is 23.8 Å². The zero-order chi connectivity index (χ0) is 26.8. The van der Waals surface area contributed by atoms with Crippen LogP contribution in [0.5, 0.6) is 0 Å². The largest absolute Gasteiger partial charge is 0.428 e. The molecule has 1 heterocycles. The molecule has 0 atom stereocenters. The minimum Gasteiger partial charge on any atom is -0.428 e. The third kappa shape index (κ3) is 7.59. The van der Waals surface area contributed by atoms with E-state index in [9.17, 15) is 24.0 Å². The van der Waals surface area contributed by atoms with Crippen molar-refractivity contribution < 1.29 is 28.7 Å². The van der Waals surface area contributed by atoms with Crippen molar-refractivity contribution in [2.75, 3.05) is 13.3 Å². The number of amides is 2. The molecule has 0 aliphatic rings. The topological polar surface area (TPSA) is 157 Å². The second kappa shape index (κ2) is 12.8. The first kappa shape index (κ1) is 26.8. The van der Waals surface area contributed by atoms with Gasteiger partial charge in [-0.3, -0.25) is 24.0 Å². The molecule has 1 aromatic heterocycles. The number of carbonyl (C=O) groups is 4. The third-order valence-electron chi connectivity index (χ3n) is 5.09. The molecule has 0 saturated heterocycles. The van der Waals surface area contributed by atoms with Gasteiger partial charge in [0.25, 0.3) is 17.4 Å². The SMILES string of the molecule is CC(C)C(=O)OCOC(=O)CNC(=O)c1ncc(C(=O)NC(c2ccccc2)c2ccccc2)c(=O)[nH]1. The van der Waals surface area contributed by atoms with E-state index in [2.05, 4.69) is 20.6 Å². The van der Waals surface area contributed by atoms with Gasteiger partial charge in [0.2, 0.25) is 6.79 Å². The molecule has 2 aromatic carbocycles. The van der Waals surface area contributed by atoms with Crippen LogP contribution in [0.15, 0.2) is 71.7 Å². The van der Waals surface area contributed by atoms with E-state index in [1.807, 2.05) is 60.7 Å². The van der Waals surface area contributed by atoms with Gasteiger partial charge in [-0.25, -0.2) is 4.98 Å². The van der Waals surface area contributed by atoms with E-state index in [4.69, 9.17) is 9.47 Å². The van der Waals surface area contributed by atoms with Crippen LogP contribution in [0.25, 0.3) is 0 Å². The Morgan fingerprint density at radius 2 is 1.49 bits per heavy atom. The van der Waals surface area contributed by atoms with E-state index in [1.165, 1.54) is 0 Å². The Labute approximate surface area is 212 Å². The van der Waals surface area contributed by atoms with Gasteiger partial charge < -0.3 is 25.1 Å². The van der Waals surface area contributed by atoms with Gasteiger partial charge in [0, 0.05) is 6.20 Å². The summed E-state index contributed by atoms with van der Waals surface area (Å²) in [4.78, 5) is 66.9. The number of esters is 2. The molecule has 0 fully saturated rings. The summed E-state index contributed by atoms with van der Waals surface area (Å²) < 4.78 is 9.40. The molecule has 37 heavy (non-hydrogen) atoms. The lowest BCUT2D eigenvalue weighted by atomic mass is 9.98. The van der Waals surface area contributed by atoms with Crippen molar-refractivity contribution in [3.05, 3.63) is 99.7 Å². The minimum absolute atomic E-state index is 0.292. The van der Waals surface area contributed by atoms with Gasteiger partial charge in [-0.15, -0.1) is 0 Å². The van der Waals surface area contributed by atoms with Crippen LogP contribution in [0.1, 0.15) is 52.0 Å². The summed E-state index contributed by atoms with van der Waals surface area (Å²) in [5, 5.41) is 5.06. The molecule has 0 aliphatic carbocycles. The molecule has 3 aromatic rings. The second-order valence-electron chi connectivity index (χ2n) is 8.14. The highest BCUT2D eigenvalue weighted by molar-refractivity contribution is 5.95. The van der Waals surface area contributed by atoms with Gasteiger partial charge in [-0.05, 0) is 11.1 Å². The van der Waals surface area contributed by atoms with E-state index < -0.39 is 54.5 Å². The molecular weight excluding hydrogens is 480 g/mol. The number of carbonyl (C=O) groups excluding carboxylic acids is 4. The Kier molecular flexibility index (Phi) is 9.25. The average Bonchev–Trinajstić information content (AvgIpc) is 2.91. The smallest absolute Gasteiger partial charge is 0.328 e. The number of aromatic nitrogens is 2. The maximum atomic E-state index is 12.9. The number of aromatic amines is 1. The monoisotopic (exact) mass is 506 g/mol. The standard InChI is InChI=1S/C26H26N4O7/c1-16(2)26(35)37-15-36-20(31)14-28-25(34)22-27-13-19(24(33)30-22)23(32)29-21(17-9-5-3-6-10-17)18-11-7-4-8-12-18/h3-13,16,21H,14-15H2,1-2H3,(H,28,34)(H,29,32)(H,27,30,33). The number of ether oxygens (including phenoxy) is 2. The number of benzene rings is 2. The van der Waals surface area contributed by atoms with E-state index in [0.29, 0.717) is 0 Å². The van der Waals surface area contributed by atoms with Crippen molar-refractivity contribution in [2.45, 2.75) is 19.9 Å². The lowest BCUT2D eigenvalue weighted by molar-refractivity contribution is -0.168. The summed E-state index contributed by atoms with van der Waals surface area (Å²) in [5.41, 5.74) is 0.502. The Morgan fingerprint density at radius 1 is 0.892 bits per heavy atom. The van der Waals surface area contributed by atoms with E-state index in [-0.39, 0.29) is 11.5 Å². The van der Waals surface area contributed by atoms with Gasteiger partial charge in [0.05, 0.1) is 12.0 Å². The summed E-state index contributed by atoms with van der Waals surface area (Å²) in [5.74, 6) is -3.74. The van der Waals surface area contributed by atoms with E-state index >= 15 is 0 Å². The van der Waals surface area contributed by atoms with Gasteiger partial charge in [-0.2, -0.15) is 0 Å². The fourth-order valence-electron chi connectivity index (χ4n) is 3.14.